The molecule has 1 aromatic rings. The third-order valence-corrected chi connectivity index (χ3v) is 3.63. The monoisotopic (exact) mass is 302 g/mol. The third kappa shape index (κ3) is 2.38. The molecule has 0 spiro atoms. The fourth-order valence-corrected chi connectivity index (χ4v) is 2.13. The van der Waals surface area contributed by atoms with Gasteiger partial charge in [-0.2, -0.15) is 0 Å². The van der Waals surface area contributed by atoms with Crippen LogP contribution in [0, 0.1) is 11.3 Å². The van der Waals surface area contributed by atoms with E-state index in [0.717, 1.165) is 10.9 Å². The number of hydrogen-bond acceptors (Lipinski definition) is 2. The maximum Gasteiger partial charge on any atom is 0.228 e. The Labute approximate surface area is 108 Å². The predicted molar refractivity (Wildman–Crippen MR) is 67.5 cm³/mol. The molecule has 1 saturated carbocycles. The Morgan fingerprint density at radius 2 is 2.31 bits per heavy atom. The van der Waals surface area contributed by atoms with Crippen LogP contribution in [0.4, 0.5) is 5.69 Å². The lowest BCUT2D eigenvalue weighted by atomic mass is 10.1. The first kappa shape index (κ1) is 11.9. The largest absolute Gasteiger partial charge is 0.323 e. The molecular formula is C11H12BrClN2O. The molecule has 0 saturated heterocycles. The first-order chi connectivity index (χ1) is 7.40. The van der Waals surface area contributed by atoms with Gasteiger partial charge in [-0.25, -0.2) is 4.98 Å². The van der Waals surface area contributed by atoms with Crippen LogP contribution in [0.15, 0.2) is 16.7 Å². The summed E-state index contributed by atoms with van der Waals surface area (Å²) in [6, 6.07) is 1.75. The summed E-state index contributed by atoms with van der Waals surface area (Å²) < 4.78 is 0.794. The van der Waals surface area contributed by atoms with Gasteiger partial charge in [0.05, 0.1) is 5.69 Å². The fourth-order valence-electron chi connectivity index (χ4n) is 1.64. The van der Waals surface area contributed by atoms with E-state index < -0.39 is 0 Å². The number of rotatable bonds is 2. The van der Waals surface area contributed by atoms with E-state index >= 15 is 0 Å². The third-order valence-electron chi connectivity index (χ3n) is 2.89. The summed E-state index contributed by atoms with van der Waals surface area (Å²) in [5, 5.41) is 3.12. The summed E-state index contributed by atoms with van der Waals surface area (Å²) in [4.78, 5) is 15.8. The Morgan fingerprint density at radius 3 is 2.88 bits per heavy atom. The van der Waals surface area contributed by atoms with Crippen molar-refractivity contribution >= 4 is 39.1 Å². The molecular weight excluding hydrogens is 291 g/mol. The zero-order valence-corrected chi connectivity index (χ0v) is 11.4. The van der Waals surface area contributed by atoms with E-state index in [-0.39, 0.29) is 17.2 Å². The molecule has 1 aliphatic carbocycles. The van der Waals surface area contributed by atoms with Crippen molar-refractivity contribution in [2.75, 3.05) is 5.32 Å². The van der Waals surface area contributed by atoms with Crippen LogP contribution in [0.2, 0.25) is 5.15 Å². The molecule has 1 N–H and O–H groups in total. The van der Waals surface area contributed by atoms with Gasteiger partial charge in [0.2, 0.25) is 5.91 Å². The molecule has 3 nitrogen and oxygen atoms in total. The summed E-state index contributed by atoms with van der Waals surface area (Å²) in [5.74, 6) is 0.106. The van der Waals surface area contributed by atoms with Crippen molar-refractivity contribution < 1.29 is 4.79 Å². The molecule has 1 amide bonds. The molecule has 0 bridgehead atoms. The average molecular weight is 304 g/mol. The molecule has 86 valence electrons. The van der Waals surface area contributed by atoms with Crippen molar-refractivity contribution in [3.8, 4) is 0 Å². The molecule has 1 aromatic heterocycles. The standard InChI is InChI=1S/C11H12BrClN2O/c1-11(2)4-7(11)10(16)15-8-3-6(12)5-14-9(8)13/h3,5,7H,4H2,1-2H3,(H,15,16). The molecule has 0 aliphatic heterocycles. The van der Waals surface area contributed by atoms with Crippen LogP contribution < -0.4 is 5.32 Å². The minimum absolute atomic E-state index is 0.0202. The number of amides is 1. The van der Waals surface area contributed by atoms with E-state index in [9.17, 15) is 4.79 Å². The van der Waals surface area contributed by atoms with E-state index in [1.165, 1.54) is 0 Å². The molecule has 5 heteroatoms. The van der Waals surface area contributed by atoms with Crippen molar-refractivity contribution in [3.63, 3.8) is 0 Å². The van der Waals surface area contributed by atoms with E-state index in [0.29, 0.717) is 10.8 Å². The maximum atomic E-state index is 11.8. The molecule has 1 unspecified atom stereocenters. The van der Waals surface area contributed by atoms with Crippen molar-refractivity contribution in [1.29, 1.82) is 0 Å². The minimum atomic E-state index is 0.0202. The molecule has 2 rings (SSSR count). The Kier molecular flexibility index (Phi) is 2.97. The molecule has 1 atom stereocenters. The van der Waals surface area contributed by atoms with Crippen LogP contribution in [0.3, 0.4) is 0 Å². The van der Waals surface area contributed by atoms with Gasteiger partial charge in [0.15, 0.2) is 5.15 Å². The lowest BCUT2D eigenvalue weighted by Crippen LogP contribution is -2.17. The first-order valence-electron chi connectivity index (χ1n) is 5.02. The summed E-state index contributed by atoms with van der Waals surface area (Å²) >= 11 is 9.18. The Balaban J connectivity index is 2.10. The van der Waals surface area contributed by atoms with Crippen LogP contribution in [-0.4, -0.2) is 10.9 Å². The van der Waals surface area contributed by atoms with Gasteiger partial charge in [0.25, 0.3) is 0 Å². The summed E-state index contributed by atoms with van der Waals surface area (Å²) in [6.45, 7) is 4.16. The smallest absolute Gasteiger partial charge is 0.228 e. The number of pyridine rings is 1. The Morgan fingerprint density at radius 1 is 1.69 bits per heavy atom. The van der Waals surface area contributed by atoms with Gasteiger partial charge in [-0.05, 0) is 33.8 Å². The highest BCUT2D eigenvalue weighted by molar-refractivity contribution is 9.10. The van der Waals surface area contributed by atoms with Crippen LogP contribution in [0.1, 0.15) is 20.3 Å². The predicted octanol–water partition coefficient (Wildman–Crippen LogP) is 3.48. The van der Waals surface area contributed by atoms with Gasteiger partial charge in [0.1, 0.15) is 0 Å². The van der Waals surface area contributed by atoms with Gasteiger partial charge >= 0.3 is 0 Å². The number of halogens is 2. The second-order valence-corrected chi connectivity index (χ2v) is 6.00. The summed E-state index contributed by atoms with van der Waals surface area (Å²) in [7, 11) is 0. The van der Waals surface area contributed by atoms with E-state index in [1.54, 1.807) is 12.3 Å². The quantitative estimate of drug-likeness (QED) is 0.850. The van der Waals surface area contributed by atoms with E-state index in [4.69, 9.17) is 11.6 Å². The number of nitrogens with zero attached hydrogens (tertiary/aromatic N) is 1. The van der Waals surface area contributed by atoms with Crippen LogP contribution in [-0.2, 0) is 4.79 Å². The zero-order valence-electron chi connectivity index (χ0n) is 9.05. The molecule has 1 fully saturated rings. The molecule has 1 heterocycles. The second-order valence-electron chi connectivity index (χ2n) is 4.73. The van der Waals surface area contributed by atoms with Crippen molar-refractivity contribution in [1.82, 2.24) is 4.98 Å². The van der Waals surface area contributed by atoms with E-state index in [1.807, 2.05) is 0 Å². The van der Waals surface area contributed by atoms with Gasteiger partial charge < -0.3 is 5.32 Å². The van der Waals surface area contributed by atoms with Crippen molar-refractivity contribution in [2.24, 2.45) is 11.3 Å². The number of nitrogens with one attached hydrogen (secondary N) is 1. The topological polar surface area (TPSA) is 42.0 Å². The van der Waals surface area contributed by atoms with Crippen molar-refractivity contribution in [2.45, 2.75) is 20.3 Å². The molecule has 0 radical (unpaired) electrons. The Bertz CT molecular complexity index is 448. The Hall–Kier alpha value is -0.610. The lowest BCUT2D eigenvalue weighted by Gasteiger charge is -2.07. The van der Waals surface area contributed by atoms with Gasteiger partial charge in [-0.1, -0.05) is 25.4 Å². The number of hydrogen-bond donors (Lipinski definition) is 1. The van der Waals surface area contributed by atoms with Crippen molar-refractivity contribution in [3.05, 3.63) is 21.9 Å². The summed E-state index contributed by atoms with van der Waals surface area (Å²) in [5.41, 5.74) is 0.680. The minimum Gasteiger partial charge on any atom is -0.323 e. The second kappa shape index (κ2) is 4.00. The molecule has 1 aliphatic rings. The maximum absolute atomic E-state index is 11.8. The van der Waals surface area contributed by atoms with Crippen LogP contribution >= 0.6 is 27.5 Å². The van der Waals surface area contributed by atoms with Gasteiger partial charge in [-0.15, -0.1) is 0 Å². The van der Waals surface area contributed by atoms with Gasteiger partial charge in [-0.3, -0.25) is 4.79 Å². The first-order valence-corrected chi connectivity index (χ1v) is 6.19. The average Bonchev–Trinajstić information content (AvgIpc) is 2.82. The van der Waals surface area contributed by atoms with Crippen LogP contribution in [0.25, 0.3) is 0 Å². The lowest BCUT2D eigenvalue weighted by molar-refractivity contribution is -0.118. The number of carbonyl (C=O) groups excluding carboxylic acids is 1. The zero-order chi connectivity index (χ0) is 11.9. The molecule has 0 aromatic carbocycles. The highest BCUT2D eigenvalue weighted by Gasteiger charge is 2.50. The van der Waals surface area contributed by atoms with Crippen LogP contribution in [0.5, 0.6) is 0 Å². The number of anilines is 1. The summed E-state index contributed by atoms with van der Waals surface area (Å²) in [6.07, 6.45) is 2.52. The SMILES string of the molecule is CC1(C)CC1C(=O)Nc1cc(Br)cnc1Cl. The number of aromatic nitrogens is 1. The van der Waals surface area contributed by atoms with Gasteiger partial charge in [0, 0.05) is 16.6 Å². The normalized spacial score (nSPS) is 21.6. The number of carbonyl (C=O) groups is 1. The fraction of sp³-hybridized carbons (Fsp3) is 0.455. The molecule has 16 heavy (non-hydrogen) atoms. The van der Waals surface area contributed by atoms with E-state index in [2.05, 4.69) is 40.1 Å². The highest BCUT2D eigenvalue weighted by atomic mass is 79.9. The highest BCUT2D eigenvalue weighted by Crippen LogP contribution is 2.52.